The quantitative estimate of drug-likeness (QED) is 0.346. The van der Waals surface area contributed by atoms with E-state index < -0.39 is 9.84 Å². The lowest BCUT2D eigenvalue weighted by Gasteiger charge is -2.33. The van der Waals surface area contributed by atoms with Crippen LogP contribution in [0.2, 0.25) is 0 Å². The molecule has 13 heteroatoms. The molecule has 36 heavy (non-hydrogen) atoms. The second kappa shape index (κ2) is 9.69. The fraction of sp³-hybridized carbons (Fsp3) is 0.478. The number of aromatic nitrogens is 6. The molecule has 0 bridgehead atoms. The second-order valence-electron chi connectivity index (χ2n) is 9.26. The van der Waals surface area contributed by atoms with Crippen molar-refractivity contribution in [2.75, 3.05) is 24.2 Å². The van der Waals surface area contributed by atoms with Crippen molar-refractivity contribution in [3.05, 3.63) is 30.4 Å². The first-order valence-electron chi connectivity index (χ1n) is 11.7. The van der Waals surface area contributed by atoms with Gasteiger partial charge in [0.15, 0.2) is 31.2 Å². The molecule has 4 aromatic heterocycles. The molecule has 1 aliphatic rings. The molecule has 4 aromatic rings. The van der Waals surface area contributed by atoms with Crippen LogP contribution in [-0.4, -0.2) is 63.9 Å². The van der Waals surface area contributed by atoms with Gasteiger partial charge >= 0.3 is 6.01 Å². The molecule has 1 saturated heterocycles. The summed E-state index contributed by atoms with van der Waals surface area (Å²) in [6.45, 7) is 7.82. The number of hydrogen-bond acceptors (Lipinski definition) is 12. The van der Waals surface area contributed by atoms with Crippen molar-refractivity contribution in [3.8, 4) is 16.5 Å². The van der Waals surface area contributed by atoms with Crippen molar-refractivity contribution >= 4 is 37.7 Å². The molecule has 1 atom stereocenters. The van der Waals surface area contributed by atoms with E-state index in [2.05, 4.69) is 41.9 Å². The van der Waals surface area contributed by atoms with Crippen LogP contribution in [0.5, 0.6) is 5.19 Å². The number of anilines is 1. The van der Waals surface area contributed by atoms with Gasteiger partial charge in [-0.05, 0) is 37.8 Å². The third-order valence-corrected chi connectivity index (χ3v) is 8.05. The van der Waals surface area contributed by atoms with E-state index >= 15 is 0 Å². The molecule has 1 unspecified atom stereocenters. The Morgan fingerprint density at radius 3 is 2.50 bits per heavy atom. The molecule has 11 nitrogen and oxygen atoms in total. The maximum atomic E-state index is 11.6. The van der Waals surface area contributed by atoms with E-state index in [4.69, 9.17) is 9.26 Å². The van der Waals surface area contributed by atoms with Crippen LogP contribution >= 0.6 is 11.3 Å². The van der Waals surface area contributed by atoms with Gasteiger partial charge in [0.05, 0.1) is 11.9 Å². The van der Waals surface area contributed by atoms with E-state index in [0.29, 0.717) is 38.9 Å². The van der Waals surface area contributed by atoms with E-state index in [1.165, 1.54) is 23.6 Å². The van der Waals surface area contributed by atoms with Gasteiger partial charge in [-0.3, -0.25) is 0 Å². The van der Waals surface area contributed by atoms with Crippen LogP contribution in [0.3, 0.4) is 0 Å². The van der Waals surface area contributed by atoms with E-state index in [-0.39, 0.29) is 17.0 Å². The first-order chi connectivity index (χ1) is 17.2. The molecule has 0 radical (unpaired) electrons. The van der Waals surface area contributed by atoms with Crippen LogP contribution in [0.15, 0.2) is 34.1 Å². The van der Waals surface area contributed by atoms with Gasteiger partial charge in [-0.15, -0.1) is 0 Å². The zero-order valence-electron chi connectivity index (χ0n) is 20.4. The Bertz CT molecular complexity index is 1460. The molecular weight excluding hydrogens is 502 g/mol. The highest BCUT2D eigenvalue weighted by molar-refractivity contribution is 7.90. The third-order valence-electron chi connectivity index (χ3n) is 6.22. The molecule has 5 heterocycles. The van der Waals surface area contributed by atoms with Crippen LogP contribution in [0.4, 0.5) is 6.01 Å². The smallest absolute Gasteiger partial charge is 0.324 e. The van der Waals surface area contributed by atoms with Crippen molar-refractivity contribution in [2.24, 2.45) is 5.92 Å². The van der Waals surface area contributed by atoms with Crippen LogP contribution < -0.4 is 9.64 Å². The zero-order chi connectivity index (χ0) is 25.4. The average Bonchev–Trinajstić information content (AvgIpc) is 3.50. The van der Waals surface area contributed by atoms with Gasteiger partial charge in [-0.2, -0.15) is 9.97 Å². The first-order valence-corrected chi connectivity index (χ1v) is 14.4. The van der Waals surface area contributed by atoms with Crippen molar-refractivity contribution in [1.82, 2.24) is 30.1 Å². The number of hydrogen-bond donors (Lipinski definition) is 0. The Balaban J connectivity index is 1.22. The minimum absolute atomic E-state index is 0.0194. The van der Waals surface area contributed by atoms with Gasteiger partial charge in [-0.25, -0.2) is 23.4 Å². The first kappa shape index (κ1) is 24.5. The summed E-state index contributed by atoms with van der Waals surface area (Å²) >= 11 is 1.34. The summed E-state index contributed by atoms with van der Waals surface area (Å²) in [5, 5.41) is 4.61. The third kappa shape index (κ3) is 5.16. The van der Waals surface area contributed by atoms with Crippen LogP contribution in [-0.2, 0) is 9.84 Å². The topological polar surface area (TPSA) is 137 Å². The summed E-state index contributed by atoms with van der Waals surface area (Å²) < 4.78 is 34.9. The largest absolute Gasteiger partial charge is 0.467 e. The zero-order valence-corrected chi connectivity index (χ0v) is 22.1. The summed E-state index contributed by atoms with van der Waals surface area (Å²) in [7, 11) is -3.36. The molecule has 190 valence electrons. The molecule has 1 aliphatic heterocycles. The van der Waals surface area contributed by atoms with Gasteiger partial charge in [0.25, 0.3) is 5.19 Å². The van der Waals surface area contributed by atoms with E-state index in [1.807, 2.05) is 13.8 Å². The molecule has 0 saturated carbocycles. The molecule has 0 spiro atoms. The molecular formula is C23H27N7O4S2. The lowest BCUT2D eigenvalue weighted by Crippen LogP contribution is -2.38. The Morgan fingerprint density at radius 2 is 1.86 bits per heavy atom. The molecule has 1 fully saturated rings. The minimum Gasteiger partial charge on any atom is -0.467 e. The highest BCUT2D eigenvalue weighted by Crippen LogP contribution is 2.31. The summed E-state index contributed by atoms with van der Waals surface area (Å²) in [5.74, 6) is 1.34. The van der Waals surface area contributed by atoms with Gasteiger partial charge in [-0.1, -0.05) is 30.3 Å². The number of pyridine rings is 1. The fourth-order valence-corrected chi connectivity index (χ4v) is 5.44. The number of nitrogens with zero attached hydrogens (tertiary/aromatic N) is 7. The van der Waals surface area contributed by atoms with Gasteiger partial charge in [0.1, 0.15) is 6.10 Å². The number of fused-ring (bicyclic) bond motifs is 1. The van der Waals surface area contributed by atoms with Gasteiger partial charge in [0, 0.05) is 37.0 Å². The number of sulfone groups is 1. The summed E-state index contributed by atoms with van der Waals surface area (Å²) in [4.78, 5) is 24.8. The number of piperidine rings is 1. The summed E-state index contributed by atoms with van der Waals surface area (Å²) in [5.41, 5.74) is 1.78. The monoisotopic (exact) mass is 529 g/mol. The molecule has 0 amide bonds. The SMILES string of the molecule is CC(C)c1noc(N2CCC(C(C)Oc3nc4ncc(-c5ccc(S(C)(=O)=O)nc5)nc4s3)CC2)n1. The van der Waals surface area contributed by atoms with Crippen LogP contribution in [0.25, 0.3) is 21.7 Å². The van der Waals surface area contributed by atoms with Crippen molar-refractivity contribution in [1.29, 1.82) is 0 Å². The number of rotatable bonds is 7. The maximum absolute atomic E-state index is 11.6. The number of ether oxygens (including phenoxy) is 1. The highest BCUT2D eigenvalue weighted by atomic mass is 32.2. The van der Waals surface area contributed by atoms with Crippen molar-refractivity contribution in [2.45, 2.75) is 50.7 Å². The molecule has 0 aliphatic carbocycles. The fourth-order valence-electron chi connectivity index (χ4n) is 4.05. The van der Waals surface area contributed by atoms with E-state index in [0.717, 1.165) is 38.0 Å². The highest BCUT2D eigenvalue weighted by Gasteiger charge is 2.28. The predicted octanol–water partition coefficient (Wildman–Crippen LogP) is 3.74. The van der Waals surface area contributed by atoms with Crippen LogP contribution in [0.1, 0.15) is 45.4 Å². The second-order valence-corrected chi connectivity index (χ2v) is 12.2. The molecule has 0 aromatic carbocycles. The average molecular weight is 530 g/mol. The Hall–Kier alpha value is -3.19. The normalized spacial score (nSPS) is 16.1. The molecule has 5 rings (SSSR count). The van der Waals surface area contributed by atoms with Gasteiger partial charge in [0.2, 0.25) is 0 Å². The van der Waals surface area contributed by atoms with Crippen molar-refractivity contribution in [3.63, 3.8) is 0 Å². The van der Waals surface area contributed by atoms with Gasteiger partial charge < -0.3 is 14.2 Å². The van der Waals surface area contributed by atoms with E-state index in [1.54, 1.807) is 12.3 Å². The maximum Gasteiger partial charge on any atom is 0.324 e. The number of thiazole rings is 1. The summed E-state index contributed by atoms with van der Waals surface area (Å²) in [6, 6.07) is 3.72. The lowest BCUT2D eigenvalue weighted by atomic mass is 9.92. The van der Waals surface area contributed by atoms with Crippen LogP contribution in [0, 0.1) is 5.92 Å². The summed E-state index contributed by atoms with van der Waals surface area (Å²) in [6.07, 6.45) is 6.08. The Labute approximate surface area is 212 Å². The molecule has 0 N–H and O–H groups in total. The van der Waals surface area contributed by atoms with Crippen molar-refractivity contribution < 1.29 is 17.7 Å². The Morgan fingerprint density at radius 1 is 1.08 bits per heavy atom. The Kier molecular flexibility index (Phi) is 6.60. The predicted molar refractivity (Wildman–Crippen MR) is 135 cm³/mol. The minimum atomic E-state index is -3.36. The van der Waals surface area contributed by atoms with E-state index in [9.17, 15) is 8.42 Å². The standard InChI is InChI=1S/C23H27N7O4S2/c1-13(2)19-27-22(34-29-19)30-9-7-15(8-10-30)14(3)33-23-28-20-21(35-23)26-17(12-25-20)16-5-6-18(24-11-16)36(4,31)32/h5-6,11-15H,7-10H2,1-4H3. The lowest BCUT2D eigenvalue weighted by molar-refractivity contribution is 0.131.